The normalized spacial score (nSPS) is 11.7. The average molecular weight is 622 g/mol. The topological polar surface area (TPSA) is 70.1 Å². The Labute approximate surface area is 256 Å². The molecule has 10 heteroatoms. The molecule has 0 saturated heterocycles. The summed E-state index contributed by atoms with van der Waals surface area (Å²) in [6.45, 7) is 0.359. The predicted molar refractivity (Wildman–Crippen MR) is 165 cm³/mol. The van der Waals surface area contributed by atoms with Crippen LogP contribution in [0.5, 0.6) is 0 Å². The van der Waals surface area contributed by atoms with Gasteiger partial charge in [-0.05, 0) is 70.8 Å². The smallest absolute Gasteiger partial charge is 0.416 e. The molecule has 0 radical (unpaired) electrons. The zero-order valence-electron chi connectivity index (χ0n) is 22.7. The van der Waals surface area contributed by atoms with Crippen LogP contribution in [0.2, 0.25) is 10.0 Å². The quantitative estimate of drug-likeness (QED) is 0.145. The molecule has 0 aliphatic rings. The van der Waals surface area contributed by atoms with Crippen molar-refractivity contribution in [3.63, 3.8) is 0 Å². The number of hydrogen-bond acceptors (Lipinski definition) is 4. The molecule has 5 nitrogen and oxygen atoms in total. The molecule has 0 amide bonds. The number of carbonyl (C=O) groups is 1. The molecule has 2 N–H and O–H groups in total. The number of carbonyl (C=O) groups excluding carboxylic acids is 1. The van der Waals surface area contributed by atoms with Gasteiger partial charge in [0.15, 0.2) is 0 Å². The van der Waals surface area contributed by atoms with E-state index >= 15 is 0 Å². The first-order valence-corrected chi connectivity index (χ1v) is 13.7. The Morgan fingerprint density at radius 2 is 1.60 bits per heavy atom. The van der Waals surface area contributed by atoms with Crippen molar-refractivity contribution in [2.24, 2.45) is 0 Å². The number of aromatic nitrogens is 2. The van der Waals surface area contributed by atoms with Crippen LogP contribution in [0.1, 0.15) is 32.9 Å². The van der Waals surface area contributed by atoms with Gasteiger partial charge >= 0.3 is 12.1 Å². The molecule has 0 aliphatic heterocycles. The van der Waals surface area contributed by atoms with E-state index in [0.717, 1.165) is 28.8 Å². The van der Waals surface area contributed by atoms with E-state index in [2.05, 4.69) is 0 Å². The molecule has 1 heterocycles. The molecular weight excluding hydrogens is 598 g/mol. The van der Waals surface area contributed by atoms with Crippen LogP contribution in [-0.4, -0.2) is 22.6 Å². The fraction of sp³-hybridized carbons (Fsp3) is 0.0909. The number of alkyl halides is 3. The summed E-state index contributed by atoms with van der Waals surface area (Å²) in [5, 5.41) is 0.958. The van der Waals surface area contributed by atoms with E-state index in [-0.39, 0.29) is 0 Å². The molecule has 0 atom stereocenters. The van der Waals surface area contributed by atoms with Crippen molar-refractivity contribution in [2.75, 3.05) is 12.8 Å². The number of halogens is 5. The van der Waals surface area contributed by atoms with Crippen LogP contribution in [0.15, 0.2) is 91.1 Å². The third kappa shape index (κ3) is 6.93. The monoisotopic (exact) mass is 621 g/mol. The van der Waals surface area contributed by atoms with Crippen molar-refractivity contribution >= 4 is 47.0 Å². The van der Waals surface area contributed by atoms with Crippen LogP contribution in [0.4, 0.5) is 18.9 Å². The van der Waals surface area contributed by atoms with Crippen molar-refractivity contribution in [2.45, 2.75) is 12.7 Å². The first-order chi connectivity index (χ1) is 20.5. The van der Waals surface area contributed by atoms with Crippen LogP contribution in [-0.2, 0) is 17.5 Å². The number of imidazole rings is 1. The second-order valence-corrected chi connectivity index (χ2v) is 10.5. The van der Waals surface area contributed by atoms with Gasteiger partial charge in [-0.2, -0.15) is 13.2 Å². The number of hydrogen-bond donors (Lipinski definition) is 1. The number of ether oxygens (including phenoxy) is 1. The van der Waals surface area contributed by atoms with E-state index in [4.69, 9.17) is 38.7 Å². The average Bonchev–Trinajstić information content (AvgIpc) is 3.38. The molecule has 5 rings (SSSR count). The van der Waals surface area contributed by atoms with Gasteiger partial charge in [0, 0.05) is 22.5 Å². The van der Waals surface area contributed by atoms with Gasteiger partial charge in [-0.15, -0.1) is 0 Å². The van der Waals surface area contributed by atoms with Gasteiger partial charge in [0.2, 0.25) is 0 Å². The molecule has 0 fully saturated rings. The minimum absolute atomic E-state index is 0.350. The Balaban J connectivity index is 1.44. The van der Waals surface area contributed by atoms with Gasteiger partial charge in [0.25, 0.3) is 0 Å². The van der Waals surface area contributed by atoms with Crippen molar-refractivity contribution < 1.29 is 22.7 Å². The summed E-state index contributed by atoms with van der Waals surface area (Å²) in [5.74, 6) is 0.137. The second kappa shape index (κ2) is 12.4. The van der Waals surface area contributed by atoms with Crippen molar-refractivity contribution in [1.82, 2.24) is 9.55 Å². The lowest BCUT2D eigenvalue weighted by atomic mass is 10.0. The van der Waals surface area contributed by atoms with Gasteiger partial charge in [-0.3, -0.25) is 0 Å². The minimum atomic E-state index is -4.38. The fourth-order valence-electron chi connectivity index (χ4n) is 4.49. The molecule has 0 unspecified atom stereocenters. The zero-order valence-corrected chi connectivity index (χ0v) is 24.2. The molecule has 4 aromatic carbocycles. The summed E-state index contributed by atoms with van der Waals surface area (Å²) >= 11 is 12.6. The Morgan fingerprint density at radius 3 is 2.21 bits per heavy atom. The van der Waals surface area contributed by atoms with Crippen LogP contribution in [0.25, 0.3) is 34.5 Å². The summed E-state index contributed by atoms with van der Waals surface area (Å²) in [6, 6.07) is 22.7. The molecule has 1 aromatic heterocycles. The highest BCUT2D eigenvalue weighted by molar-refractivity contribution is 6.36. The van der Waals surface area contributed by atoms with Crippen molar-refractivity contribution in [3.8, 4) is 22.4 Å². The maximum Gasteiger partial charge on any atom is 0.416 e. The van der Waals surface area contributed by atoms with Gasteiger partial charge in [-0.1, -0.05) is 71.7 Å². The number of nitrogen functional groups attached to an aromatic ring is 1. The second-order valence-electron chi connectivity index (χ2n) is 9.67. The molecular formula is C33H24Cl2F3N3O2. The number of anilines is 1. The van der Waals surface area contributed by atoms with Gasteiger partial charge in [-0.25, -0.2) is 9.78 Å². The summed E-state index contributed by atoms with van der Waals surface area (Å²) in [7, 11) is 1.31. The Kier molecular flexibility index (Phi) is 8.62. The summed E-state index contributed by atoms with van der Waals surface area (Å²) in [4.78, 5) is 16.7. The lowest BCUT2D eigenvalue weighted by Gasteiger charge is -2.10. The van der Waals surface area contributed by atoms with Gasteiger partial charge in [0.1, 0.15) is 5.82 Å². The predicted octanol–water partition coefficient (Wildman–Crippen LogP) is 9.13. The third-order valence-electron chi connectivity index (χ3n) is 6.80. The van der Waals surface area contributed by atoms with Crippen molar-refractivity contribution in [3.05, 3.63) is 129 Å². The zero-order chi connectivity index (χ0) is 30.7. The number of rotatable bonds is 7. The van der Waals surface area contributed by atoms with Crippen LogP contribution >= 0.6 is 23.2 Å². The third-order valence-corrected chi connectivity index (χ3v) is 7.35. The first kappa shape index (κ1) is 29.9. The van der Waals surface area contributed by atoms with Gasteiger partial charge < -0.3 is 15.0 Å². The standard InChI is InChI=1S/C33H24Cl2F3N3O2/c1-43-32(42)23-7-8-24(29(39)16-23)18-41-19-30(27-14-13-26(34)17-28(27)35)40-31(41)15-4-20-2-5-21(6-3-20)22-9-11-25(12-10-22)33(36,37)38/h2-17,19H,18,39H2,1H3. The Hall–Kier alpha value is -4.53. The molecule has 43 heavy (non-hydrogen) atoms. The highest BCUT2D eigenvalue weighted by Crippen LogP contribution is 2.32. The van der Waals surface area contributed by atoms with Crippen molar-refractivity contribution in [1.29, 1.82) is 0 Å². The maximum atomic E-state index is 12.9. The fourth-order valence-corrected chi connectivity index (χ4v) is 5.00. The minimum Gasteiger partial charge on any atom is -0.465 e. The summed E-state index contributed by atoms with van der Waals surface area (Å²) in [6.07, 6.45) is 1.21. The van der Waals surface area contributed by atoms with Crippen LogP contribution in [0.3, 0.4) is 0 Å². The highest BCUT2D eigenvalue weighted by atomic mass is 35.5. The summed E-state index contributed by atoms with van der Waals surface area (Å²) in [5.41, 5.74) is 10.8. The largest absolute Gasteiger partial charge is 0.465 e. The lowest BCUT2D eigenvalue weighted by Crippen LogP contribution is -2.07. The van der Waals surface area contributed by atoms with E-state index in [9.17, 15) is 18.0 Å². The lowest BCUT2D eigenvalue weighted by molar-refractivity contribution is -0.137. The summed E-state index contributed by atoms with van der Waals surface area (Å²) < 4.78 is 45.4. The Bertz CT molecular complexity index is 1810. The van der Waals surface area contributed by atoms with E-state index in [1.807, 2.05) is 47.2 Å². The number of esters is 1. The van der Waals surface area contributed by atoms with E-state index in [1.165, 1.54) is 19.2 Å². The molecule has 0 bridgehead atoms. The van der Waals surface area contributed by atoms with Gasteiger partial charge in [0.05, 0.1) is 35.5 Å². The number of nitrogens with two attached hydrogens (primary N) is 1. The van der Waals surface area contributed by atoms with Crippen LogP contribution in [0, 0.1) is 0 Å². The first-order valence-electron chi connectivity index (χ1n) is 13.0. The highest BCUT2D eigenvalue weighted by Gasteiger charge is 2.30. The van der Waals surface area contributed by atoms with E-state index in [0.29, 0.717) is 50.5 Å². The van der Waals surface area contributed by atoms with E-state index < -0.39 is 17.7 Å². The molecule has 0 spiro atoms. The SMILES string of the molecule is COC(=O)c1ccc(Cn2cc(-c3ccc(Cl)cc3Cl)nc2C=Cc2ccc(-c3ccc(C(F)(F)F)cc3)cc2)c(N)c1. The maximum absolute atomic E-state index is 12.9. The Morgan fingerprint density at radius 1 is 0.930 bits per heavy atom. The molecule has 218 valence electrons. The number of nitrogens with zero attached hydrogens (tertiary/aromatic N) is 2. The molecule has 5 aromatic rings. The number of benzene rings is 4. The number of methoxy groups -OCH3 is 1. The van der Waals surface area contributed by atoms with Crippen LogP contribution < -0.4 is 5.73 Å². The molecule has 0 aliphatic carbocycles. The molecule has 0 saturated carbocycles. The van der Waals surface area contributed by atoms with E-state index in [1.54, 1.807) is 36.4 Å².